The van der Waals surface area contributed by atoms with Crippen molar-refractivity contribution in [3.63, 3.8) is 0 Å². The molecule has 0 aromatic heterocycles. The first-order valence-corrected chi connectivity index (χ1v) is 7.29. The highest BCUT2D eigenvalue weighted by molar-refractivity contribution is 7.89. The van der Waals surface area contributed by atoms with E-state index < -0.39 is 21.4 Å². The minimum absolute atomic E-state index is 0.131. The SMILES string of the molecule is Cc1ccc(F)cc1S(=O)(=O)N[C@]1(C#N)CCNC1. The Morgan fingerprint density at radius 1 is 1.53 bits per heavy atom. The average molecular weight is 283 g/mol. The summed E-state index contributed by atoms with van der Waals surface area (Å²) in [6.07, 6.45) is 0.386. The van der Waals surface area contributed by atoms with Gasteiger partial charge in [0.25, 0.3) is 0 Å². The van der Waals surface area contributed by atoms with E-state index in [-0.39, 0.29) is 11.4 Å². The van der Waals surface area contributed by atoms with Gasteiger partial charge in [-0.2, -0.15) is 9.98 Å². The predicted octanol–water partition coefficient (Wildman–Crippen LogP) is 0.668. The van der Waals surface area contributed by atoms with Crippen molar-refractivity contribution in [3.05, 3.63) is 29.6 Å². The highest BCUT2D eigenvalue weighted by atomic mass is 32.2. The maximum atomic E-state index is 13.2. The van der Waals surface area contributed by atoms with E-state index in [0.717, 1.165) is 6.07 Å². The Morgan fingerprint density at radius 3 is 2.84 bits per heavy atom. The number of aryl methyl sites for hydroxylation is 1. The summed E-state index contributed by atoms with van der Waals surface area (Å²) < 4.78 is 40.1. The lowest BCUT2D eigenvalue weighted by molar-refractivity contribution is 0.505. The molecule has 1 atom stereocenters. The number of hydrogen-bond acceptors (Lipinski definition) is 4. The molecule has 1 aliphatic rings. The van der Waals surface area contributed by atoms with Gasteiger partial charge >= 0.3 is 0 Å². The molecule has 19 heavy (non-hydrogen) atoms. The van der Waals surface area contributed by atoms with Crippen LogP contribution in [-0.4, -0.2) is 27.0 Å². The molecule has 0 radical (unpaired) electrons. The van der Waals surface area contributed by atoms with Gasteiger partial charge in [-0.15, -0.1) is 0 Å². The van der Waals surface area contributed by atoms with Crippen molar-refractivity contribution in [1.29, 1.82) is 5.26 Å². The van der Waals surface area contributed by atoms with E-state index in [9.17, 15) is 12.8 Å². The highest BCUT2D eigenvalue weighted by Gasteiger charge is 2.38. The maximum absolute atomic E-state index is 13.2. The van der Waals surface area contributed by atoms with Gasteiger partial charge in [-0.25, -0.2) is 12.8 Å². The standard InChI is InChI=1S/C12H14FN3O2S/c1-9-2-3-10(13)6-11(9)19(17,18)16-12(7-14)4-5-15-8-12/h2-3,6,15-16H,4-5,8H2,1H3/t12-/m0/s1. The Kier molecular flexibility index (Phi) is 3.58. The second-order valence-corrected chi connectivity index (χ2v) is 6.29. The zero-order chi connectivity index (χ0) is 14.1. The number of nitrogens with one attached hydrogen (secondary N) is 2. The summed E-state index contributed by atoms with van der Waals surface area (Å²) in [4.78, 5) is -0.131. The van der Waals surface area contributed by atoms with E-state index in [1.54, 1.807) is 6.92 Å². The van der Waals surface area contributed by atoms with Crippen LogP contribution in [0.4, 0.5) is 4.39 Å². The molecular weight excluding hydrogens is 269 g/mol. The van der Waals surface area contributed by atoms with Gasteiger partial charge in [-0.1, -0.05) is 6.07 Å². The summed E-state index contributed by atoms with van der Waals surface area (Å²) in [5, 5.41) is 12.1. The van der Waals surface area contributed by atoms with Crippen LogP contribution in [0, 0.1) is 24.1 Å². The second-order valence-electron chi connectivity index (χ2n) is 4.64. The Morgan fingerprint density at radius 2 is 2.26 bits per heavy atom. The summed E-state index contributed by atoms with van der Waals surface area (Å²) in [6, 6.07) is 5.55. The van der Waals surface area contributed by atoms with Crippen LogP contribution in [0.1, 0.15) is 12.0 Å². The van der Waals surface area contributed by atoms with Crippen molar-refractivity contribution >= 4 is 10.0 Å². The quantitative estimate of drug-likeness (QED) is 0.854. The summed E-state index contributed by atoms with van der Waals surface area (Å²) in [7, 11) is -3.92. The fraction of sp³-hybridized carbons (Fsp3) is 0.417. The number of benzene rings is 1. The van der Waals surface area contributed by atoms with E-state index in [4.69, 9.17) is 5.26 Å². The lowest BCUT2D eigenvalue weighted by atomic mass is 10.0. The molecule has 0 unspecified atom stereocenters. The van der Waals surface area contributed by atoms with Gasteiger partial charge in [0.1, 0.15) is 11.4 Å². The zero-order valence-electron chi connectivity index (χ0n) is 10.4. The van der Waals surface area contributed by atoms with Gasteiger partial charge in [0.05, 0.1) is 11.0 Å². The molecule has 1 aromatic rings. The van der Waals surface area contributed by atoms with E-state index in [1.807, 2.05) is 6.07 Å². The lowest BCUT2D eigenvalue weighted by Gasteiger charge is -2.21. The molecule has 1 saturated heterocycles. The van der Waals surface area contributed by atoms with Crippen molar-refractivity contribution in [1.82, 2.24) is 10.0 Å². The molecule has 0 aliphatic carbocycles. The topological polar surface area (TPSA) is 82.0 Å². The van der Waals surface area contributed by atoms with E-state index in [2.05, 4.69) is 10.0 Å². The molecule has 1 heterocycles. The lowest BCUT2D eigenvalue weighted by Crippen LogP contribution is -2.48. The van der Waals surface area contributed by atoms with E-state index >= 15 is 0 Å². The van der Waals surface area contributed by atoms with Gasteiger partial charge in [0.15, 0.2) is 0 Å². The molecule has 5 nitrogen and oxygen atoms in total. The molecule has 1 fully saturated rings. The first-order chi connectivity index (χ1) is 8.88. The Bertz CT molecular complexity index is 631. The average Bonchev–Trinajstić information content (AvgIpc) is 2.80. The van der Waals surface area contributed by atoms with Crippen LogP contribution in [0.2, 0.25) is 0 Å². The molecule has 0 saturated carbocycles. The van der Waals surface area contributed by atoms with Crippen molar-refractivity contribution < 1.29 is 12.8 Å². The predicted molar refractivity (Wildman–Crippen MR) is 67.3 cm³/mol. The summed E-state index contributed by atoms with van der Waals surface area (Å²) in [5.41, 5.74) is -0.717. The highest BCUT2D eigenvalue weighted by Crippen LogP contribution is 2.21. The zero-order valence-corrected chi connectivity index (χ0v) is 11.2. The third kappa shape index (κ3) is 2.76. The van der Waals surface area contributed by atoms with Crippen molar-refractivity contribution in [2.45, 2.75) is 23.8 Å². The molecular formula is C12H14FN3O2S. The van der Waals surface area contributed by atoms with Gasteiger partial charge in [0.2, 0.25) is 10.0 Å². The van der Waals surface area contributed by atoms with Gasteiger partial charge < -0.3 is 5.32 Å². The van der Waals surface area contributed by atoms with Crippen LogP contribution in [0.15, 0.2) is 23.1 Å². The molecule has 0 bridgehead atoms. The Labute approximate surface area is 111 Å². The molecule has 0 amide bonds. The van der Waals surface area contributed by atoms with Crippen LogP contribution in [0.5, 0.6) is 0 Å². The number of nitrogens with zero attached hydrogens (tertiary/aromatic N) is 1. The van der Waals surface area contributed by atoms with Gasteiger partial charge in [-0.3, -0.25) is 0 Å². The number of halogens is 1. The number of hydrogen-bond donors (Lipinski definition) is 2. The molecule has 1 aliphatic heterocycles. The Hall–Kier alpha value is -1.49. The summed E-state index contributed by atoms with van der Waals surface area (Å²) in [6.45, 7) is 2.40. The monoisotopic (exact) mass is 283 g/mol. The first-order valence-electron chi connectivity index (χ1n) is 5.81. The van der Waals surface area contributed by atoms with E-state index in [1.165, 1.54) is 12.1 Å². The van der Waals surface area contributed by atoms with E-state index in [0.29, 0.717) is 18.5 Å². The molecule has 102 valence electrons. The minimum atomic E-state index is -3.92. The van der Waals surface area contributed by atoms with Gasteiger partial charge in [-0.05, 0) is 37.6 Å². The molecule has 2 rings (SSSR count). The Balaban J connectivity index is 2.38. The normalized spacial score (nSPS) is 23.2. The van der Waals surface area contributed by atoms with Crippen LogP contribution < -0.4 is 10.0 Å². The molecule has 1 aromatic carbocycles. The second kappa shape index (κ2) is 4.89. The van der Waals surface area contributed by atoms with Crippen molar-refractivity contribution in [2.24, 2.45) is 0 Å². The van der Waals surface area contributed by atoms with Crippen LogP contribution >= 0.6 is 0 Å². The van der Waals surface area contributed by atoms with Gasteiger partial charge in [0, 0.05) is 6.54 Å². The minimum Gasteiger partial charge on any atom is -0.314 e. The maximum Gasteiger partial charge on any atom is 0.242 e. The third-order valence-electron chi connectivity index (χ3n) is 3.14. The van der Waals surface area contributed by atoms with Crippen LogP contribution in [0.3, 0.4) is 0 Å². The van der Waals surface area contributed by atoms with Crippen molar-refractivity contribution in [3.8, 4) is 6.07 Å². The number of sulfonamides is 1. The largest absolute Gasteiger partial charge is 0.314 e. The molecule has 0 spiro atoms. The fourth-order valence-electron chi connectivity index (χ4n) is 2.07. The third-order valence-corrected chi connectivity index (χ3v) is 4.82. The van der Waals surface area contributed by atoms with Crippen molar-refractivity contribution in [2.75, 3.05) is 13.1 Å². The van der Waals surface area contributed by atoms with Crippen LogP contribution in [-0.2, 0) is 10.0 Å². The molecule has 7 heteroatoms. The number of rotatable bonds is 3. The smallest absolute Gasteiger partial charge is 0.242 e. The number of nitriles is 1. The molecule has 2 N–H and O–H groups in total. The fourth-order valence-corrected chi connectivity index (χ4v) is 3.68. The first kappa shape index (κ1) is 13.9. The van der Waals surface area contributed by atoms with Crippen LogP contribution in [0.25, 0.3) is 0 Å². The summed E-state index contributed by atoms with van der Waals surface area (Å²) >= 11 is 0. The summed E-state index contributed by atoms with van der Waals surface area (Å²) in [5.74, 6) is -0.624.